The standard InChI is InChI=1S/C21H21N5O3/c1-3-14-9-17-15(10-20(28)29-19(17)11-18(14)27)12-22-13(2)21-23-24-25-26(21)16-7-5-4-6-8-16/h4-11,13,22,27H,3,12H2,1-2H3. The Bertz CT molecular complexity index is 1200. The van der Waals surface area contributed by atoms with Crippen molar-refractivity contribution in [2.45, 2.75) is 32.9 Å². The van der Waals surface area contributed by atoms with Gasteiger partial charge in [-0.25, -0.2) is 4.79 Å². The van der Waals surface area contributed by atoms with Gasteiger partial charge in [0.2, 0.25) is 0 Å². The maximum atomic E-state index is 12.0. The number of rotatable bonds is 6. The number of aryl methyl sites for hydroxylation is 1. The summed E-state index contributed by atoms with van der Waals surface area (Å²) in [5, 5.41) is 26.3. The number of hydrogen-bond donors (Lipinski definition) is 2. The molecule has 0 fully saturated rings. The van der Waals surface area contributed by atoms with Crippen LogP contribution in [-0.2, 0) is 13.0 Å². The second-order valence-corrected chi connectivity index (χ2v) is 6.81. The third-order valence-electron chi connectivity index (χ3n) is 4.89. The Kier molecular flexibility index (Phi) is 5.09. The van der Waals surface area contributed by atoms with E-state index in [1.54, 1.807) is 4.68 Å². The fourth-order valence-corrected chi connectivity index (χ4v) is 3.31. The van der Waals surface area contributed by atoms with E-state index in [1.807, 2.05) is 50.2 Å². The van der Waals surface area contributed by atoms with Gasteiger partial charge in [0.15, 0.2) is 5.82 Å². The molecule has 0 spiro atoms. The molecule has 29 heavy (non-hydrogen) atoms. The Balaban J connectivity index is 1.62. The van der Waals surface area contributed by atoms with Crippen molar-refractivity contribution >= 4 is 11.0 Å². The van der Waals surface area contributed by atoms with E-state index in [1.165, 1.54) is 12.1 Å². The summed E-state index contributed by atoms with van der Waals surface area (Å²) in [6.45, 7) is 4.34. The average molecular weight is 391 g/mol. The number of hydrogen-bond acceptors (Lipinski definition) is 7. The van der Waals surface area contributed by atoms with Gasteiger partial charge in [-0.3, -0.25) is 0 Å². The lowest BCUT2D eigenvalue weighted by Crippen LogP contribution is -2.22. The second-order valence-electron chi connectivity index (χ2n) is 6.81. The second kappa shape index (κ2) is 7.84. The van der Waals surface area contributed by atoms with Gasteiger partial charge in [-0.1, -0.05) is 25.1 Å². The van der Waals surface area contributed by atoms with Crippen molar-refractivity contribution in [1.29, 1.82) is 0 Å². The van der Waals surface area contributed by atoms with Gasteiger partial charge in [-0.2, -0.15) is 4.68 Å². The summed E-state index contributed by atoms with van der Waals surface area (Å²) in [7, 11) is 0. The van der Waals surface area contributed by atoms with Crippen molar-refractivity contribution < 1.29 is 9.52 Å². The zero-order valence-corrected chi connectivity index (χ0v) is 16.2. The van der Waals surface area contributed by atoms with E-state index in [4.69, 9.17) is 4.42 Å². The van der Waals surface area contributed by atoms with Crippen LogP contribution in [-0.4, -0.2) is 25.3 Å². The molecule has 0 aliphatic carbocycles. The number of aromatic hydroxyl groups is 1. The molecular weight excluding hydrogens is 370 g/mol. The summed E-state index contributed by atoms with van der Waals surface area (Å²) in [6, 6.07) is 14.3. The van der Waals surface area contributed by atoms with Crippen LogP contribution < -0.4 is 10.9 Å². The van der Waals surface area contributed by atoms with Crippen molar-refractivity contribution in [2.75, 3.05) is 0 Å². The van der Waals surface area contributed by atoms with Crippen LogP contribution in [0.4, 0.5) is 0 Å². The third-order valence-corrected chi connectivity index (χ3v) is 4.89. The highest BCUT2D eigenvalue weighted by molar-refractivity contribution is 5.82. The smallest absolute Gasteiger partial charge is 0.336 e. The summed E-state index contributed by atoms with van der Waals surface area (Å²) < 4.78 is 6.94. The van der Waals surface area contributed by atoms with Crippen LogP contribution in [0.15, 0.2) is 57.7 Å². The molecule has 1 atom stereocenters. The minimum absolute atomic E-state index is 0.128. The van der Waals surface area contributed by atoms with Gasteiger partial charge in [0.25, 0.3) is 0 Å². The van der Waals surface area contributed by atoms with E-state index in [9.17, 15) is 9.90 Å². The molecule has 1 unspecified atom stereocenters. The number of phenolic OH excluding ortho intramolecular Hbond substituents is 1. The summed E-state index contributed by atoms with van der Waals surface area (Å²) in [5.41, 5.74) is 2.37. The first kappa shape index (κ1) is 18.8. The fourth-order valence-electron chi connectivity index (χ4n) is 3.31. The summed E-state index contributed by atoms with van der Waals surface area (Å²) in [4.78, 5) is 12.0. The van der Waals surface area contributed by atoms with Gasteiger partial charge in [0.05, 0.1) is 11.7 Å². The van der Waals surface area contributed by atoms with Gasteiger partial charge in [-0.05, 0) is 53.1 Å². The third kappa shape index (κ3) is 3.74. The van der Waals surface area contributed by atoms with Crippen molar-refractivity contribution in [2.24, 2.45) is 0 Å². The van der Waals surface area contributed by atoms with E-state index in [-0.39, 0.29) is 11.8 Å². The molecule has 0 saturated heterocycles. The number of para-hydroxylation sites is 1. The minimum Gasteiger partial charge on any atom is -0.508 e. The molecule has 0 aliphatic rings. The molecule has 8 nitrogen and oxygen atoms in total. The van der Waals surface area contributed by atoms with Gasteiger partial charge < -0.3 is 14.8 Å². The normalized spacial score (nSPS) is 12.3. The number of nitrogens with one attached hydrogen (secondary N) is 1. The molecule has 2 N–H and O–H groups in total. The monoisotopic (exact) mass is 391 g/mol. The van der Waals surface area contributed by atoms with Crippen LogP contribution in [0.1, 0.15) is 36.8 Å². The largest absolute Gasteiger partial charge is 0.508 e. The first-order chi connectivity index (χ1) is 14.1. The molecule has 0 amide bonds. The molecule has 2 aromatic carbocycles. The lowest BCUT2D eigenvalue weighted by atomic mass is 10.0. The van der Waals surface area contributed by atoms with Crippen LogP contribution in [0.25, 0.3) is 16.7 Å². The number of tetrazole rings is 1. The predicted octanol–water partition coefficient (Wildman–Crippen LogP) is 2.89. The highest BCUT2D eigenvalue weighted by Gasteiger charge is 2.17. The van der Waals surface area contributed by atoms with Gasteiger partial charge >= 0.3 is 5.63 Å². The Morgan fingerprint density at radius 1 is 1.17 bits per heavy atom. The van der Waals surface area contributed by atoms with E-state index < -0.39 is 5.63 Å². The molecule has 4 aromatic rings. The number of fused-ring (bicyclic) bond motifs is 1. The zero-order chi connectivity index (χ0) is 20.4. The summed E-state index contributed by atoms with van der Waals surface area (Å²) in [5.74, 6) is 0.791. The van der Waals surface area contributed by atoms with Crippen molar-refractivity contribution in [3.05, 3.63) is 75.9 Å². The summed E-state index contributed by atoms with van der Waals surface area (Å²) >= 11 is 0. The van der Waals surface area contributed by atoms with Crippen molar-refractivity contribution in [1.82, 2.24) is 25.5 Å². The quantitative estimate of drug-likeness (QED) is 0.487. The van der Waals surface area contributed by atoms with Crippen LogP contribution in [0.3, 0.4) is 0 Å². The first-order valence-corrected chi connectivity index (χ1v) is 9.42. The van der Waals surface area contributed by atoms with Crippen LogP contribution >= 0.6 is 0 Å². The van der Waals surface area contributed by atoms with Crippen LogP contribution in [0.2, 0.25) is 0 Å². The Morgan fingerprint density at radius 3 is 2.72 bits per heavy atom. The maximum Gasteiger partial charge on any atom is 0.336 e. The van der Waals surface area contributed by atoms with Crippen LogP contribution in [0, 0.1) is 0 Å². The van der Waals surface area contributed by atoms with Crippen LogP contribution in [0.5, 0.6) is 5.75 Å². The molecule has 0 radical (unpaired) electrons. The summed E-state index contributed by atoms with van der Waals surface area (Å²) in [6.07, 6.45) is 0.677. The highest BCUT2D eigenvalue weighted by atomic mass is 16.4. The lowest BCUT2D eigenvalue weighted by molar-refractivity contribution is 0.466. The SMILES string of the molecule is CCc1cc2c(CNC(C)c3nnnn3-c3ccccc3)cc(=O)oc2cc1O. The number of phenols is 1. The lowest BCUT2D eigenvalue weighted by Gasteiger charge is -2.15. The molecule has 2 aromatic heterocycles. The first-order valence-electron chi connectivity index (χ1n) is 9.42. The molecular formula is C21H21N5O3. The fraction of sp³-hybridized carbons (Fsp3) is 0.238. The molecule has 0 saturated carbocycles. The number of aromatic nitrogens is 4. The highest BCUT2D eigenvalue weighted by Crippen LogP contribution is 2.27. The number of nitrogens with zero attached hydrogens (tertiary/aromatic N) is 4. The van der Waals surface area contributed by atoms with Crippen molar-refractivity contribution in [3.8, 4) is 11.4 Å². The van der Waals surface area contributed by atoms with E-state index in [0.29, 0.717) is 24.4 Å². The zero-order valence-electron chi connectivity index (χ0n) is 16.2. The molecule has 8 heteroatoms. The molecule has 0 aliphatic heterocycles. The Labute approximate surface area is 166 Å². The molecule has 0 bridgehead atoms. The molecule has 148 valence electrons. The Hall–Kier alpha value is -3.52. The molecule has 4 rings (SSSR count). The van der Waals surface area contributed by atoms with E-state index in [2.05, 4.69) is 20.8 Å². The number of benzene rings is 2. The van der Waals surface area contributed by atoms with Gasteiger partial charge in [0.1, 0.15) is 11.3 Å². The van der Waals surface area contributed by atoms with E-state index >= 15 is 0 Å². The average Bonchev–Trinajstić information content (AvgIpc) is 3.22. The maximum absolute atomic E-state index is 12.0. The minimum atomic E-state index is -0.459. The molecule has 2 heterocycles. The Morgan fingerprint density at radius 2 is 1.97 bits per heavy atom. The predicted molar refractivity (Wildman–Crippen MR) is 108 cm³/mol. The topological polar surface area (TPSA) is 106 Å². The van der Waals surface area contributed by atoms with Gasteiger partial charge in [0, 0.05) is 24.1 Å². The van der Waals surface area contributed by atoms with Crippen molar-refractivity contribution in [3.63, 3.8) is 0 Å². The van der Waals surface area contributed by atoms with E-state index in [0.717, 1.165) is 22.2 Å². The van der Waals surface area contributed by atoms with Gasteiger partial charge in [-0.15, -0.1) is 5.10 Å².